The van der Waals surface area contributed by atoms with E-state index < -0.39 is 0 Å². The summed E-state index contributed by atoms with van der Waals surface area (Å²) in [6, 6.07) is 7.28. The summed E-state index contributed by atoms with van der Waals surface area (Å²) < 4.78 is 14.5. The van der Waals surface area contributed by atoms with Crippen molar-refractivity contribution in [2.75, 3.05) is 0 Å². The first-order valence-corrected chi connectivity index (χ1v) is 9.80. The minimum atomic E-state index is -0.208. The van der Waals surface area contributed by atoms with E-state index in [0.717, 1.165) is 36.8 Å². The molecule has 0 aliphatic heterocycles. The molecule has 1 N–H and O–H groups in total. The predicted molar refractivity (Wildman–Crippen MR) is 98.8 cm³/mol. The van der Waals surface area contributed by atoms with Crippen LogP contribution in [-0.4, -0.2) is 26.0 Å². The van der Waals surface area contributed by atoms with E-state index in [0.29, 0.717) is 22.0 Å². The first-order chi connectivity index (χ1) is 12.2. The maximum Gasteiger partial charge on any atom is 0.223 e. The summed E-state index contributed by atoms with van der Waals surface area (Å²) in [6.45, 7) is 0. The molecule has 0 radical (unpaired) electrons. The third-order valence-corrected chi connectivity index (χ3v) is 6.14. The molecule has 7 heteroatoms. The number of halogens is 1. The van der Waals surface area contributed by atoms with E-state index in [2.05, 4.69) is 4.98 Å². The van der Waals surface area contributed by atoms with E-state index in [-0.39, 0.29) is 24.2 Å². The van der Waals surface area contributed by atoms with Crippen molar-refractivity contribution < 1.29 is 13.8 Å². The van der Waals surface area contributed by atoms with Gasteiger partial charge in [0, 0.05) is 22.9 Å². The number of thiazole rings is 1. The maximum absolute atomic E-state index is 13.1. The van der Waals surface area contributed by atoms with Crippen LogP contribution in [0.3, 0.4) is 0 Å². The van der Waals surface area contributed by atoms with Gasteiger partial charge in [0.05, 0.1) is 22.9 Å². The normalized spacial score (nSPS) is 20.9. The van der Waals surface area contributed by atoms with E-state index in [1.807, 2.05) is 23.6 Å². The van der Waals surface area contributed by atoms with Gasteiger partial charge in [0.1, 0.15) is 0 Å². The zero-order chi connectivity index (χ0) is 17.4. The molecule has 2 aromatic heterocycles. The molecule has 1 aliphatic rings. The Morgan fingerprint density at radius 3 is 2.80 bits per heavy atom. The lowest BCUT2D eigenvalue weighted by Crippen LogP contribution is -2.17. The molecule has 0 amide bonds. The lowest BCUT2D eigenvalue weighted by molar-refractivity contribution is 0.103. The van der Waals surface area contributed by atoms with Crippen LogP contribution in [0.25, 0.3) is 10.9 Å². The van der Waals surface area contributed by atoms with E-state index in [1.165, 1.54) is 21.5 Å². The van der Waals surface area contributed by atoms with Gasteiger partial charge in [-0.2, -0.15) is 0 Å². The molecule has 4 rings (SSSR count). The summed E-state index contributed by atoms with van der Waals surface area (Å²) in [6.07, 6.45) is 4.70. The maximum atomic E-state index is 13.1. The van der Waals surface area contributed by atoms with Gasteiger partial charge in [-0.25, -0.2) is 4.98 Å². The quantitative estimate of drug-likeness (QED) is 0.669. The van der Waals surface area contributed by atoms with Crippen molar-refractivity contribution >= 4 is 40.4 Å². The third kappa shape index (κ3) is 3.12. The second-order valence-corrected chi connectivity index (χ2v) is 7.76. The number of ketones is 1. The minimum Gasteiger partial charge on any atom is -0.393 e. The molecule has 1 aliphatic carbocycles. The van der Waals surface area contributed by atoms with Crippen LogP contribution >= 0.6 is 23.7 Å². The van der Waals surface area contributed by atoms with Gasteiger partial charge in [-0.05, 0) is 31.7 Å². The second-order valence-electron chi connectivity index (χ2n) is 6.37. The summed E-state index contributed by atoms with van der Waals surface area (Å²) in [4.78, 5) is 17.5. The number of benzene rings is 1. The Morgan fingerprint density at radius 1 is 1.28 bits per heavy atom. The standard InChI is InChI=1S/C18H17FN2O2S2/c19-25-21-9-14(13-3-1-2-4-16(13)21)17(23)18-20-15(10-24-18)11-5-7-12(22)8-6-11/h1-4,9-12,22H,5-8H2. The SMILES string of the molecule is O=C(c1nc(C2CCC(O)CC2)cs1)c1cn(SF)c2ccccc12. The van der Waals surface area contributed by atoms with Crippen molar-refractivity contribution in [3.05, 3.63) is 52.1 Å². The fourth-order valence-electron chi connectivity index (χ4n) is 3.45. The van der Waals surface area contributed by atoms with Crippen molar-refractivity contribution in [2.24, 2.45) is 0 Å². The van der Waals surface area contributed by atoms with Crippen LogP contribution in [0, 0.1) is 0 Å². The molecule has 25 heavy (non-hydrogen) atoms. The molecule has 1 fully saturated rings. The van der Waals surface area contributed by atoms with Crippen molar-refractivity contribution in [3.63, 3.8) is 0 Å². The highest BCUT2D eigenvalue weighted by molar-refractivity contribution is 7.92. The number of nitrogens with zero attached hydrogens (tertiary/aromatic N) is 2. The van der Waals surface area contributed by atoms with E-state index >= 15 is 0 Å². The Hall–Kier alpha value is -1.70. The van der Waals surface area contributed by atoms with Crippen molar-refractivity contribution in [3.8, 4) is 0 Å². The zero-order valence-electron chi connectivity index (χ0n) is 13.4. The number of fused-ring (bicyclic) bond motifs is 1. The molecule has 0 saturated heterocycles. The fraction of sp³-hybridized carbons (Fsp3) is 0.333. The van der Waals surface area contributed by atoms with E-state index in [1.54, 1.807) is 6.07 Å². The Kier molecular flexibility index (Phi) is 4.62. The van der Waals surface area contributed by atoms with Gasteiger partial charge in [0.25, 0.3) is 0 Å². The van der Waals surface area contributed by atoms with Gasteiger partial charge in [-0.1, -0.05) is 18.2 Å². The molecule has 1 aromatic carbocycles. The highest BCUT2D eigenvalue weighted by Crippen LogP contribution is 2.34. The van der Waals surface area contributed by atoms with Crippen LogP contribution in [0.4, 0.5) is 3.89 Å². The van der Waals surface area contributed by atoms with Crippen LogP contribution in [0.15, 0.2) is 35.8 Å². The van der Waals surface area contributed by atoms with Crippen molar-refractivity contribution in [2.45, 2.75) is 37.7 Å². The molecule has 0 spiro atoms. The van der Waals surface area contributed by atoms with Crippen molar-refractivity contribution in [1.29, 1.82) is 0 Å². The molecular formula is C18H17FN2O2S2. The van der Waals surface area contributed by atoms with E-state index in [4.69, 9.17) is 0 Å². The molecule has 4 nitrogen and oxygen atoms in total. The smallest absolute Gasteiger partial charge is 0.223 e. The number of hydrogen-bond acceptors (Lipinski definition) is 5. The average molecular weight is 376 g/mol. The zero-order valence-corrected chi connectivity index (χ0v) is 15.0. The molecule has 1 saturated carbocycles. The molecule has 3 aromatic rings. The Bertz CT molecular complexity index is 913. The van der Waals surface area contributed by atoms with E-state index in [9.17, 15) is 13.8 Å². The number of aliphatic hydroxyl groups is 1. The lowest BCUT2D eigenvalue weighted by atomic mass is 9.86. The van der Waals surface area contributed by atoms with Crippen LogP contribution in [0.2, 0.25) is 0 Å². The van der Waals surface area contributed by atoms with Gasteiger partial charge < -0.3 is 5.11 Å². The summed E-state index contributed by atoms with van der Waals surface area (Å²) in [5.74, 6) is 0.139. The number of rotatable bonds is 4. The topological polar surface area (TPSA) is 55.1 Å². The number of aliphatic hydroxyl groups excluding tert-OH is 1. The summed E-state index contributed by atoms with van der Waals surface area (Å²) >= 11 is 1.42. The number of carbonyl (C=O) groups is 1. The molecule has 0 atom stereocenters. The Morgan fingerprint density at radius 2 is 2.04 bits per heavy atom. The van der Waals surface area contributed by atoms with Crippen LogP contribution < -0.4 is 0 Å². The summed E-state index contributed by atoms with van der Waals surface area (Å²) in [7, 11) is 0. The lowest BCUT2D eigenvalue weighted by Gasteiger charge is -2.23. The molecule has 0 unspecified atom stereocenters. The average Bonchev–Trinajstić information content (AvgIpc) is 3.27. The largest absolute Gasteiger partial charge is 0.393 e. The third-order valence-electron chi connectivity index (χ3n) is 4.83. The van der Waals surface area contributed by atoms with Gasteiger partial charge in [-0.15, -0.1) is 15.2 Å². The monoisotopic (exact) mass is 376 g/mol. The highest BCUT2D eigenvalue weighted by atomic mass is 32.2. The number of aromatic nitrogens is 2. The minimum absolute atomic E-state index is 0.0836. The van der Waals surface area contributed by atoms with Crippen molar-refractivity contribution in [1.82, 2.24) is 8.96 Å². The first-order valence-electron chi connectivity index (χ1n) is 8.24. The molecule has 0 bridgehead atoms. The summed E-state index contributed by atoms with van der Waals surface area (Å²) in [5, 5.41) is 12.7. The number of hydrogen-bond donors (Lipinski definition) is 1. The number of carbonyl (C=O) groups excluding carboxylic acids is 1. The summed E-state index contributed by atoms with van der Waals surface area (Å²) in [5.41, 5.74) is 2.08. The number of para-hydroxylation sites is 1. The van der Waals surface area contributed by atoms with Gasteiger partial charge >= 0.3 is 0 Å². The predicted octanol–water partition coefficient (Wildman–Crippen LogP) is 4.73. The first kappa shape index (κ1) is 16.8. The second kappa shape index (κ2) is 6.90. The Labute approximate surface area is 153 Å². The Balaban J connectivity index is 1.64. The molecule has 130 valence electrons. The molecular weight excluding hydrogens is 359 g/mol. The van der Waals surface area contributed by atoms with Crippen LogP contribution in [0.5, 0.6) is 0 Å². The van der Waals surface area contributed by atoms with Crippen LogP contribution in [0.1, 0.15) is 52.7 Å². The molecule has 2 heterocycles. The highest BCUT2D eigenvalue weighted by Gasteiger charge is 2.25. The van der Waals surface area contributed by atoms with Gasteiger partial charge in [0.2, 0.25) is 5.78 Å². The fourth-order valence-corrected chi connectivity index (χ4v) is 4.68. The van der Waals surface area contributed by atoms with Gasteiger partial charge in [-0.3, -0.25) is 8.77 Å². The van der Waals surface area contributed by atoms with Crippen LogP contribution in [-0.2, 0) is 0 Å². The van der Waals surface area contributed by atoms with Gasteiger partial charge in [0.15, 0.2) is 17.3 Å².